The van der Waals surface area contributed by atoms with Crippen molar-refractivity contribution in [1.82, 2.24) is 14.5 Å². The SMILES string of the molecule is NC(=O)C(c1cccc2ccccc12)(N1CCC(C(=O)O)C(C=O)C1)n1cnc2ccccc21. The lowest BCUT2D eigenvalue weighted by Crippen LogP contribution is -2.63. The van der Waals surface area contributed by atoms with Crippen LogP contribution >= 0.6 is 0 Å². The number of hydrogen-bond acceptors (Lipinski definition) is 5. The lowest BCUT2D eigenvalue weighted by Gasteiger charge is -2.47. The maximum absolute atomic E-state index is 13.6. The molecule has 3 N–H and O–H groups in total. The van der Waals surface area contributed by atoms with E-state index in [-0.39, 0.29) is 19.5 Å². The van der Waals surface area contributed by atoms with Crippen molar-refractivity contribution >= 4 is 40.0 Å². The monoisotopic (exact) mass is 456 g/mol. The minimum Gasteiger partial charge on any atom is -0.481 e. The third kappa shape index (κ3) is 3.18. The zero-order chi connectivity index (χ0) is 23.9. The first kappa shape index (κ1) is 21.8. The van der Waals surface area contributed by atoms with Gasteiger partial charge in [0.05, 0.1) is 23.3 Å². The van der Waals surface area contributed by atoms with Crippen molar-refractivity contribution in [3.8, 4) is 0 Å². The van der Waals surface area contributed by atoms with Gasteiger partial charge >= 0.3 is 5.97 Å². The molecule has 8 nitrogen and oxygen atoms in total. The van der Waals surface area contributed by atoms with Gasteiger partial charge in [-0.15, -0.1) is 0 Å². The molecule has 1 aliphatic rings. The summed E-state index contributed by atoms with van der Waals surface area (Å²) < 4.78 is 1.76. The number of imidazole rings is 1. The van der Waals surface area contributed by atoms with Gasteiger partial charge in [0.25, 0.3) is 5.91 Å². The van der Waals surface area contributed by atoms with E-state index in [1.54, 1.807) is 10.9 Å². The summed E-state index contributed by atoms with van der Waals surface area (Å²) in [5, 5.41) is 11.4. The number of aliphatic carboxylic acids is 1. The first-order chi connectivity index (χ1) is 16.5. The summed E-state index contributed by atoms with van der Waals surface area (Å²) in [5.74, 6) is -3.24. The normalized spacial score (nSPS) is 20.7. The Morgan fingerprint density at radius 3 is 2.56 bits per heavy atom. The zero-order valence-corrected chi connectivity index (χ0v) is 18.4. The Morgan fingerprint density at radius 1 is 1.06 bits per heavy atom. The lowest BCUT2D eigenvalue weighted by atomic mass is 9.82. The lowest BCUT2D eigenvalue weighted by molar-refractivity contribution is -0.150. The summed E-state index contributed by atoms with van der Waals surface area (Å²) in [6.07, 6.45) is 2.48. The smallest absolute Gasteiger partial charge is 0.307 e. The Bertz CT molecular complexity index is 1410. The number of hydrogen-bond donors (Lipinski definition) is 2. The highest BCUT2D eigenvalue weighted by Gasteiger charge is 2.51. The number of benzene rings is 3. The molecular formula is C26H24N4O4. The average molecular weight is 457 g/mol. The van der Waals surface area contributed by atoms with Crippen molar-refractivity contribution in [1.29, 1.82) is 0 Å². The molecule has 5 rings (SSSR count). The number of carbonyl (C=O) groups is 3. The van der Waals surface area contributed by atoms with Crippen LogP contribution in [0.15, 0.2) is 73.1 Å². The van der Waals surface area contributed by atoms with Crippen LogP contribution in [-0.4, -0.2) is 50.8 Å². The third-order valence-electron chi connectivity index (χ3n) is 6.92. The Morgan fingerprint density at radius 2 is 1.79 bits per heavy atom. The highest BCUT2D eigenvalue weighted by Crippen LogP contribution is 2.40. The van der Waals surface area contributed by atoms with E-state index in [4.69, 9.17) is 5.73 Å². The molecule has 0 radical (unpaired) electrons. The van der Waals surface area contributed by atoms with Crippen molar-refractivity contribution < 1.29 is 19.5 Å². The van der Waals surface area contributed by atoms with Crippen molar-refractivity contribution in [2.24, 2.45) is 17.6 Å². The van der Waals surface area contributed by atoms with Gasteiger partial charge in [-0.25, -0.2) is 4.98 Å². The predicted octanol–water partition coefficient (Wildman–Crippen LogP) is 2.60. The molecule has 3 aromatic carbocycles. The van der Waals surface area contributed by atoms with Crippen molar-refractivity contribution in [3.05, 3.63) is 78.6 Å². The average Bonchev–Trinajstić information content (AvgIpc) is 3.28. The minimum atomic E-state index is -1.53. The number of nitrogens with two attached hydrogens (primary N) is 1. The van der Waals surface area contributed by atoms with E-state index in [1.807, 2.05) is 71.6 Å². The first-order valence-electron chi connectivity index (χ1n) is 11.1. The third-order valence-corrected chi connectivity index (χ3v) is 6.92. The fourth-order valence-electron chi connectivity index (χ4n) is 5.33. The summed E-state index contributed by atoms with van der Waals surface area (Å²) in [7, 11) is 0. The fraction of sp³-hybridized carbons (Fsp3) is 0.231. The van der Waals surface area contributed by atoms with Gasteiger partial charge < -0.3 is 15.6 Å². The standard InChI is InChI=1S/C26H24N4O4/c27-25(34)26(30-16-28-22-10-3-4-11-23(22)30,21-9-5-7-17-6-1-2-8-19(17)21)29-13-12-20(24(32)33)18(14-29)15-31/h1-11,15-16,18,20H,12-14H2,(H2,27,34)(H,32,33). The molecule has 34 heavy (non-hydrogen) atoms. The molecule has 0 aliphatic carbocycles. The van der Waals surface area contributed by atoms with Crippen LogP contribution in [0.4, 0.5) is 0 Å². The number of fused-ring (bicyclic) bond motifs is 2. The summed E-state index contributed by atoms with van der Waals surface area (Å²) in [4.78, 5) is 43.7. The number of aldehydes is 1. The van der Waals surface area contributed by atoms with Crippen LogP contribution in [0.1, 0.15) is 12.0 Å². The number of carbonyl (C=O) groups excluding carboxylic acids is 2. The minimum absolute atomic E-state index is 0.0686. The van der Waals surface area contributed by atoms with Gasteiger partial charge in [-0.1, -0.05) is 54.6 Å². The summed E-state index contributed by atoms with van der Waals surface area (Å²) in [5.41, 5.74) is 6.78. The zero-order valence-electron chi connectivity index (χ0n) is 18.4. The van der Waals surface area contributed by atoms with Crippen LogP contribution in [0, 0.1) is 11.8 Å². The number of primary amides is 1. The molecule has 1 aromatic heterocycles. The molecule has 2 heterocycles. The summed E-state index contributed by atoms with van der Waals surface area (Å²) in [6, 6.07) is 20.9. The Labute approximate surface area is 195 Å². The number of rotatable bonds is 6. The van der Waals surface area contributed by atoms with E-state index in [2.05, 4.69) is 4.98 Å². The number of carboxylic acid groups (broad SMARTS) is 1. The largest absolute Gasteiger partial charge is 0.481 e. The quantitative estimate of drug-likeness (QED) is 0.431. The van der Waals surface area contributed by atoms with Crippen LogP contribution in [0.2, 0.25) is 0 Å². The molecule has 3 atom stereocenters. The molecule has 4 aromatic rings. The van der Waals surface area contributed by atoms with E-state index >= 15 is 0 Å². The topological polar surface area (TPSA) is 119 Å². The van der Waals surface area contributed by atoms with Gasteiger partial charge in [-0.05, 0) is 29.3 Å². The van der Waals surface area contributed by atoms with E-state index in [1.165, 1.54) is 0 Å². The van der Waals surface area contributed by atoms with Gasteiger partial charge in [-0.2, -0.15) is 0 Å². The van der Waals surface area contributed by atoms with E-state index < -0.39 is 29.4 Å². The first-order valence-corrected chi connectivity index (χ1v) is 11.1. The highest BCUT2D eigenvalue weighted by atomic mass is 16.4. The van der Waals surface area contributed by atoms with Crippen molar-refractivity contribution in [2.45, 2.75) is 12.1 Å². The predicted molar refractivity (Wildman–Crippen MR) is 127 cm³/mol. The highest BCUT2D eigenvalue weighted by molar-refractivity contribution is 5.96. The Hall–Kier alpha value is -4.04. The molecule has 1 saturated heterocycles. The number of amides is 1. The van der Waals surface area contributed by atoms with Crippen LogP contribution in [-0.2, 0) is 20.0 Å². The van der Waals surface area contributed by atoms with Gasteiger partial charge in [0.2, 0.25) is 5.66 Å². The van der Waals surface area contributed by atoms with Crippen LogP contribution in [0.3, 0.4) is 0 Å². The molecular weight excluding hydrogens is 432 g/mol. The number of para-hydroxylation sites is 2. The molecule has 0 bridgehead atoms. The van der Waals surface area contributed by atoms with Crippen molar-refractivity contribution in [2.75, 3.05) is 13.1 Å². The van der Waals surface area contributed by atoms with Gasteiger partial charge in [0.1, 0.15) is 6.29 Å². The second-order valence-corrected chi connectivity index (χ2v) is 8.65. The number of piperidine rings is 1. The molecule has 0 spiro atoms. The van der Waals surface area contributed by atoms with E-state index in [0.29, 0.717) is 22.9 Å². The molecule has 3 unspecified atom stereocenters. The van der Waals surface area contributed by atoms with Gasteiger partial charge in [-0.3, -0.25) is 19.1 Å². The second kappa shape index (κ2) is 8.39. The van der Waals surface area contributed by atoms with Crippen LogP contribution < -0.4 is 5.73 Å². The number of aromatic nitrogens is 2. The van der Waals surface area contributed by atoms with Gasteiger partial charge in [0.15, 0.2) is 0 Å². The molecule has 1 amide bonds. The number of likely N-dealkylation sites (tertiary alicyclic amines) is 1. The molecule has 0 saturated carbocycles. The Kier molecular flexibility index (Phi) is 5.37. The maximum atomic E-state index is 13.6. The second-order valence-electron chi connectivity index (χ2n) is 8.65. The maximum Gasteiger partial charge on any atom is 0.307 e. The van der Waals surface area contributed by atoms with E-state index in [0.717, 1.165) is 10.8 Å². The summed E-state index contributed by atoms with van der Waals surface area (Å²) in [6.45, 7) is 0.332. The van der Waals surface area contributed by atoms with Crippen molar-refractivity contribution in [3.63, 3.8) is 0 Å². The van der Waals surface area contributed by atoms with Crippen LogP contribution in [0.25, 0.3) is 21.8 Å². The Balaban J connectivity index is 1.82. The molecule has 1 aliphatic heterocycles. The fourth-order valence-corrected chi connectivity index (χ4v) is 5.33. The molecule has 8 heteroatoms. The number of carboxylic acids is 1. The van der Waals surface area contributed by atoms with Crippen LogP contribution in [0.5, 0.6) is 0 Å². The van der Waals surface area contributed by atoms with Gasteiger partial charge in [0, 0.05) is 24.6 Å². The number of nitrogens with zero attached hydrogens (tertiary/aromatic N) is 3. The molecule has 172 valence electrons. The van der Waals surface area contributed by atoms with E-state index in [9.17, 15) is 19.5 Å². The molecule has 1 fully saturated rings. The summed E-state index contributed by atoms with van der Waals surface area (Å²) >= 11 is 0.